The Morgan fingerprint density at radius 2 is 2.06 bits per heavy atom. The Morgan fingerprint density at radius 3 is 2.62 bits per heavy atom. The summed E-state index contributed by atoms with van der Waals surface area (Å²) >= 11 is 0. The van der Waals surface area contributed by atoms with E-state index in [-0.39, 0.29) is 6.61 Å². The van der Waals surface area contributed by atoms with Crippen molar-refractivity contribution in [1.82, 2.24) is 4.90 Å². The lowest BCUT2D eigenvalue weighted by atomic mass is 9.66. The number of likely N-dealkylation sites (tertiary alicyclic amines) is 1. The fraction of sp³-hybridized carbons (Fsp3) is 1.00. The minimum Gasteiger partial charge on any atom is -0.395 e. The fourth-order valence-corrected chi connectivity index (χ4v) is 3.20. The lowest BCUT2D eigenvalue weighted by Gasteiger charge is -2.48. The second-order valence-electron chi connectivity index (χ2n) is 6.09. The molecule has 1 aliphatic heterocycles. The summed E-state index contributed by atoms with van der Waals surface area (Å²) in [7, 11) is 0. The topological polar surface area (TPSA) is 43.7 Å². The van der Waals surface area contributed by atoms with Gasteiger partial charge in [-0.1, -0.05) is 13.8 Å². The number of aliphatic hydroxyl groups is 2. The molecule has 0 amide bonds. The number of nitrogens with zero attached hydrogens (tertiary/aromatic N) is 1. The molecule has 0 radical (unpaired) electrons. The Hall–Kier alpha value is -0.120. The van der Waals surface area contributed by atoms with Gasteiger partial charge >= 0.3 is 0 Å². The molecule has 1 aliphatic carbocycles. The molecule has 0 aromatic carbocycles. The molecule has 1 saturated heterocycles. The van der Waals surface area contributed by atoms with E-state index < -0.39 is 5.60 Å². The molecule has 1 saturated carbocycles. The van der Waals surface area contributed by atoms with Crippen LogP contribution >= 0.6 is 0 Å². The Labute approximate surface area is 98.5 Å². The van der Waals surface area contributed by atoms with Gasteiger partial charge in [0.1, 0.15) is 0 Å². The maximum atomic E-state index is 10.4. The molecule has 16 heavy (non-hydrogen) atoms. The number of hydrogen-bond acceptors (Lipinski definition) is 3. The first-order chi connectivity index (χ1) is 7.54. The summed E-state index contributed by atoms with van der Waals surface area (Å²) in [6, 6.07) is 0.294. The predicted octanol–water partition coefficient (Wildman–Crippen LogP) is 1.24. The molecule has 2 fully saturated rings. The van der Waals surface area contributed by atoms with Crippen LogP contribution in [0.1, 0.15) is 39.5 Å². The van der Waals surface area contributed by atoms with Gasteiger partial charge in [0, 0.05) is 12.6 Å². The van der Waals surface area contributed by atoms with Crippen LogP contribution in [-0.2, 0) is 0 Å². The van der Waals surface area contributed by atoms with Gasteiger partial charge in [0.25, 0.3) is 0 Å². The van der Waals surface area contributed by atoms with Gasteiger partial charge in [-0.15, -0.1) is 0 Å². The summed E-state index contributed by atoms with van der Waals surface area (Å²) in [4.78, 5) is 2.27. The van der Waals surface area contributed by atoms with Gasteiger partial charge in [-0.05, 0) is 44.1 Å². The van der Waals surface area contributed by atoms with Crippen molar-refractivity contribution in [2.75, 3.05) is 19.7 Å². The van der Waals surface area contributed by atoms with Gasteiger partial charge in [0.2, 0.25) is 0 Å². The average molecular weight is 227 g/mol. The van der Waals surface area contributed by atoms with E-state index in [2.05, 4.69) is 18.7 Å². The van der Waals surface area contributed by atoms with Crippen LogP contribution in [0, 0.1) is 11.8 Å². The smallest absolute Gasteiger partial charge is 0.0779 e. The first-order valence-electron chi connectivity index (χ1n) is 6.61. The van der Waals surface area contributed by atoms with Crippen LogP contribution in [0.5, 0.6) is 0 Å². The maximum absolute atomic E-state index is 10.4. The highest BCUT2D eigenvalue weighted by Gasteiger charge is 2.45. The first kappa shape index (κ1) is 12.3. The highest BCUT2D eigenvalue weighted by molar-refractivity contribution is 4.98. The van der Waals surface area contributed by atoms with Crippen molar-refractivity contribution in [3.05, 3.63) is 0 Å². The normalized spacial score (nSPS) is 40.3. The van der Waals surface area contributed by atoms with E-state index in [1.54, 1.807) is 0 Å². The van der Waals surface area contributed by atoms with Gasteiger partial charge in [-0.25, -0.2) is 0 Å². The molecule has 94 valence electrons. The summed E-state index contributed by atoms with van der Waals surface area (Å²) < 4.78 is 0. The van der Waals surface area contributed by atoms with E-state index in [9.17, 15) is 10.2 Å². The van der Waals surface area contributed by atoms with Crippen molar-refractivity contribution in [3.63, 3.8) is 0 Å². The van der Waals surface area contributed by atoms with Crippen LogP contribution in [0.4, 0.5) is 0 Å². The zero-order valence-electron chi connectivity index (χ0n) is 10.5. The highest BCUT2D eigenvalue weighted by atomic mass is 16.3. The van der Waals surface area contributed by atoms with Crippen LogP contribution < -0.4 is 0 Å². The van der Waals surface area contributed by atoms with Crippen LogP contribution in [0.2, 0.25) is 0 Å². The first-order valence-corrected chi connectivity index (χ1v) is 6.61. The Kier molecular flexibility index (Phi) is 3.57. The van der Waals surface area contributed by atoms with Gasteiger partial charge in [-0.2, -0.15) is 0 Å². The summed E-state index contributed by atoms with van der Waals surface area (Å²) in [5.41, 5.74) is -0.466. The van der Waals surface area contributed by atoms with Crippen molar-refractivity contribution in [2.45, 2.75) is 51.2 Å². The third-order valence-electron chi connectivity index (χ3n) is 4.43. The van der Waals surface area contributed by atoms with Crippen LogP contribution in [0.25, 0.3) is 0 Å². The van der Waals surface area contributed by atoms with Gasteiger partial charge < -0.3 is 10.2 Å². The third-order valence-corrected chi connectivity index (χ3v) is 4.43. The molecule has 0 bridgehead atoms. The lowest BCUT2D eigenvalue weighted by molar-refractivity contribution is -0.108. The molecule has 2 rings (SSSR count). The molecule has 3 nitrogen and oxygen atoms in total. The molecule has 1 atom stereocenters. The third kappa shape index (κ3) is 2.41. The van der Waals surface area contributed by atoms with Crippen molar-refractivity contribution in [1.29, 1.82) is 0 Å². The van der Waals surface area contributed by atoms with E-state index in [0.29, 0.717) is 17.9 Å². The molecule has 1 heterocycles. The Bertz CT molecular complexity index is 236. The van der Waals surface area contributed by atoms with Crippen LogP contribution in [-0.4, -0.2) is 46.5 Å². The minimum atomic E-state index is -0.466. The summed E-state index contributed by atoms with van der Waals surface area (Å²) in [5.74, 6) is 1.38. The molecule has 0 unspecified atom stereocenters. The van der Waals surface area contributed by atoms with Gasteiger partial charge in [-0.3, -0.25) is 4.90 Å². The van der Waals surface area contributed by atoms with E-state index in [1.807, 2.05) is 0 Å². The molecule has 0 aromatic heterocycles. The number of hydrogen-bond donors (Lipinski definition) is 2. The molecule has 2 aliphatic rings. The Morgan fingerprint density at radius 1 is 1.38 bits per heavy atom. The standard InChI is InChI=1S/C13H25NO2/c1-10(2)11-6-13(16,7-11)9-14-5-3-4-12(14)8-15/h10-12,15-16H,3-9H2,1-2H3/t11?,12-,13?/m1/s1. The number of aliphatic hydroxyl groups excluding tert-OH is 1. The number of β-amino-alcohol motifs (C(OH)–C–C–N with tert-alkyl or cyclic N) is 1. The lowest BCUT2D eigenvalue weighted by Crippen LogP contribution is -2.54. The van der Waals surface area contributed by atoms with Crippen molar-refractivity contribution >= 4 is 0 Å². The van der Waals surface area contributed by atoms with Gasteiger partial charge in [0.05, 0.1) is 12.2 Å². The zero-order chi connectivity index (χ0) is 11.8. The average Bonchev–Trinajstić information content (AvgIpc) is 2.60. The molecule has 2 N–H and O–H groups in total. The minimum absolute atomic E-state index is 0.240. The highest BCUT2D eigenvalue weighted by Crippen LogP contribution is 2.43. The van der Waals surface area contributed by atoms with Gasteiger partial charge in [0.15, 0.2) is 0 Å². The SMILES string of the molecule is CC(C)C1CC(O)(CN2CCC[C@@H]2CO)C1. The van der Waals surface area contributed by atoms with Crippen LogP contribution in [0.3, 0.4) is 0 Å². The molecular formula is C13H25NO2. The predicted molar refractivity (Wildman–Crippen MR) is 64.2 cm³/mol. The monoisotopic (exact) mass is 227 g/mol. The Balaban J connectivity index is 1.82. The fourth-order valence-electron chi connectivity index (χ4n) is 3.20. The second kappa shape index (κ2) is 4.63. The number of rotatable bonds is 4. The molecule has 3 heteroatoms. The van der Waals surface area contributed by atoms with E-state index in [4.69, 9.17) is 0 Å². The summed E-state index contributed by atoms with van der Waals surface area (Å²) in [6.07, 6.45) is 4.13. The van der Waals surface area contributed by atoms with E-state index >= 15 is 0 Å². The van der Waals surface area contributed by atoms with Crippen LogP contribution in [0.15, 0.2) is 0 Å². The van der Waals surface area contributed by atoms with E-state index in [0.717, 1.165) is 38.8 Å². The van der Waals surface area contributed by atoms with E-state index in [1.165, 1.54) is 0 Å². The van der Waals surface area contributed by atoms with Crippen molar-refractivity contribution in [3.8, 4) is 0 Å². The summed E-state index contributed by atoms with van der Waals surface area (Å²) in [6.45, 7) is 6.51. The van der Waals surface area contributed by atoms with Crippen molar-refractivity contribution in [2.24, 2.45) is 11.8 Å². The summed E-state index contributed by atoms with van der Waals surface area (Å²) in [5, 5.41) is 19.6. The maximum Gasteiger partial charge on any atom is 0.0779 e. The largest absolute Gasteiger partial charge is 0.395 e. The molecular weight excluding hydrogens is 202 g/mol. The van der Waals surface area contributed by atoms with Crippen molar-refractivity contribution < 1.29 is 10.2 Å². The quantitative estimate of drug-likeness (QED) is 0.759. The molecule has 0 spiro atoms. The second-order valence-corrected chi connectivity index (χ2v) is 6.09. The molecule has 0 aromatic rings. The zero-order valence-corrected chi connectivity index (χ0v) is 10.5.